The Kier molecular flexibility index (Phi) is 57.5. The maximum atomic E-state index is 13.0. The zero-order valence-electron chi connectivity index (χ0n) is 51.9. The van der Waals surface area contributed by atoms with Crippen LogP contribution in [-0.2, 0) is 18.4 Å². The van der Waals surface area contributed by atoms with Crippen LogP contribution in [0.25, 0.3) is 0 Å². The summed E-state index contributed by atoms with van der Waals surface area (Å²) >= 11 is 0. The highest BCUT2D eigenvalue weighted by Crippen LogP contribution is 2.38. The smallest absolute Gasteiger partial charge is 0.268 e. The number of rotatable bonds is 60. The first-order chi connectivity index (χ1) is 38.0. The van der Waals surface area contributed by atoms with Gasteiger partial charge in [-0.25, -0.2) is 0 Å². The number of carbonyl (C=O) groups is 1. The van der Waals surface area contributed by atoms with Crippen LogP contribution in [0.4, 0.5) is 0 Å². The van der Waals surface area contributed by atoms with Crippen molar-refractivity contribution >= 4 is 13.7 Å². The molecule has 0 bridgehead atoms. The van der Waals surface area contributed by atoms with Crippen molar-refractivity contribution < 1.29 is 32.9 Å². The van der Waals surface area contributed by atoms with Crippen molar-refractivity contribution in [2.24, 2.45) is 0 Å². The van der Waals surface area contributed by atoms with Crippen LogP contribution in [0.3, 0.4) is 0 Å². The number of phosphoric acid groups is 1. The number of quaternary nitrogens is 1. The number of hydrogen-bond donors (Lipinski definition) is 2. The number of hydrogen-bond acceptors (Lipinski definition) is 6. The summed E-state index contributed by atoms with van der Waals surface area (Å²) in [5, 5.41) is 13.9. The summed E-state index contributed by atoms with van der Waals surface area (Å²) in [7, 11) is 1.25. The van der Waals surface area contributed by atoms with Crippen LogP contribution < -0.4 is 10.2 Å². The maximum absolute atomic E-state index is 13.0. The lowest BCUT2D eigenvalue weighted by molar-refractivity contribution is -0.870. The zero-order valence-corrected chi connectivity index (χ0v) is 52.7. The molecule has 0 aromatic rings. The Balaban J connectivity index is 4.15. The predicted octanol–water partition coefficient (Wildman–Crippen LogP) is 20.1. The SMILES string of the molecule is CC/C=C\C/C=C\C/C=C\C/C=C\C/C=C\C/C=C\CCCCCCCCC(=O)NC(COP(=O)([O-])OCC[N+](C)(C)C)C(O)/C=C/CCCCCCCCCCCCCCCCCCCCCCCCCCCCCCC. The van der Waals surface area contributed by atoms with E-state index in [4.69, 9.17) is 9.05 Å². The van der Waals surface area contributed by atoms with Gasteiger partial charge in [0.15, 0.2) is 0 Å². The van der Waals surface area contributed by atoms with E-state index in [9.17, 15) is 19.4 Å². The van der Waals surface area contributed by atoms with E-state index >= 15 is 0 Å². The number of nitrogens with zero attached hydrogens (tertiary/aromatic N) is 1. The molecule has 8 nitrogen and oxygen atoms in total. The highest BCUT2D eigenvalue weighted by Gasteiger charge is 2.23. The Morgan fingerprint density at radius 2 is 0.782 bits per heavy atom. The Hall–Kier alpha value is -2.32. The number of nitrogens with one attached hydrogen (secondary N) is 1. The van der Waals surface area contributed by atoms with Crippen molar-refractivity contribution in [1.82, 2.24) is 5.32 Å². The van der Waals surface area contributed by atoms with E-state index in [-0.39, 0.29) is 12.5 Å². The number of likely N-dealkylation sites (N-methyl/N-ethyl adjacent to an activating group) is 1. The van der Waals surface area contributed by atoms with Crippen LogP contribution in [0.5, 0.6) is 0 Å². The largest absolute Gasteiger partial charge is 0.756 e. The standard InChI is InChI=1S/C69H127N2O6P/c1-6-8-10-12-14-16-18-20-22-24-26-28-30-32-33-34-35-36-37-39-40-42-44-46-48-50-52-54-56-58-60-62-68(72)67(66-77-78(74,75)76-65-64-71(3,4)5)70-69(73)63-61-59-57-55-53-51-49-47-45-43-41-38-31-29-27-25-23-21-19-17-15-13-11-9-7-2/h9,11,15,17,21,23,27,29,38,41,45,47,60,62,67-68,72H,6-8,10,12-14,16,18-20,22,24-26,28,30-37,39-40,42-44,46,48-59,61,63-66H2,1-5H3,(H-,70,73,74,75)/b11-9-,17-15-,23-21-,29-27-,41-38-,47-45-,62-60+. The number of amides is 1. The number of carbonyl (C=O) groups excluding carboxylic acids is 1. The number of phosphoric ester groups is 1. The Morgan fingerprint density at radius 3 is 1.14 bits per heavy atom. The predicted molar refractivity (Wildman–Crippen MR) is 339 cm³/mol. The third-order valence-electron chi connectivity index (χ3n) is 14.6. The van der Waals surface area contributed by atoms with Gasteiger partial charge in [-0.05, 0) is 70.6 Å². The first kappa shape index (κ1) is 75.7. The molecule has 0 rings (SSSR count). The van der Waals surface area contributed by atoms with Crippen molar-refractivity contribution in [2.75, 3.05) is 40.9 Å². The molecule has 1 amide bonds. The van der Waals surface area contributed by atoms with Gasteiger partial charge in [0.2, 0.25) is 5.91 Å². The zero-order chi connectivity index (χ0) is 57.0. The summed E-state index contributed by atoms with van der Waals surface area (Å²) in [6.07, 6.45) is 84.0. The topological polar surface area (TPSA) is 108 Å². The normalized spacial score (nSPS) is 14.3. The van der Waals surface area contributed by atoms with Gasteiger partial charge >= 0.3 is 0 Å². The first-order valence-electron chi connectivity index (χ1n) is 32.9. The summed E-state index contributed by atoms with van der Waals surface area (Å²) in [5.74, 6) is -0.212. The van der Waals surface area contributed by atoms with Crippen molar-refractivity contribution in [2.45, 2.75) is 309 Å². The van der Waals surface area contributed by atoms with Crippen LogP contribution in [0, 0.1) is 0 Å². The summed E-state index contributed by atoms with van der Waals surface area (Å²) in [5.41, 5.74) is 0. The molecule has 0 spiro atoms. The summed E-state index contributed by atoms with van der Waals surface area (Å²) in [4.78, 5) is 25.6. The van der Waals surface area contributed by atoms with Crippen LogP contribution in [-0.4, -0.2) is 68.5 Å². The fraction of sp³-hybridized carbons (Fsp3) is 0.783. The minimum absolute atomic E-state index is 0.00798. The first-order valence-corrected chi connectivity index (χ1v) is 34.4. The van der Waals surface area contributed by atoms with Crippen LogP contribution in [0.15, 0.2) is 85.1 Å². The molecule has 2 N–H and O–H groups in total. The molecule has 0 aliphatic carbocycles. The molecular weight excluding hydrogens is 984 g/mol. The second-order valence-corrected chi connectivity index (χ2v) is 24.9. The number of aliphatic hydroxyl groups is 1. The summed E-state index contributed by atoms with van der Waals surface area (Å²) in [6, 6.07) is -0.902. The Morgan fingerprint density at radius 1 is 0.462 bits per heavy atom. The highest BCUT2D eigenvalue weighted by atomic mass is 31.2. The quantitative estimate of drug-likeness (QED) is 0.0272. The van der Waals surface area contributed by atoms with E-state index in [1.807, 2.05) is 27.2 Å². The molecule has 0 aromatic heterocycles. The third kappa shape index (κ3) is 61.3. The fourth-order valence-corrected chi connectivity index (χ4v) is 10.2. The van der Waals surface area contributed by atoms with Gasteiger partial charge < -0.3 is 28.8 Å². The van der Waals surface area contributed by atoms with Gasteiger partial charge in [0.05, 0.1) is 39.9 Å². The lowest BCUT2D eigenvalue weighted by Gasteiger charge is -2.29. The molecule has 454 valence electrons. The lowest BCUT2D eigenvalue weighted by atomic mass is 10.0. The van der Waals surface area contributed by atoms with Crippen LogP contribution >= 0.6 is 7.82 Å². The molecule has 0 radical (unpaired) electrons. The van der Waals surface area contributed by atoms with Gasteiger partial charge in [0.25, 0.3) is 7.82 Å². The van der Waals surface area contributed by atoms with E-state index in [0.29, 0.717) is 17.4 Å². The van der Waals surface area contributed by atoms with Gasteiger partial charge in [0, 0.05) is 6.42 Å². The molecule has 3 atom stereocenters. The molecule has 0 aromatic carbocycles. The molecular formula is C69H127N2O6P. The molecule has 78 heavy (non-hydrogen) atoms. The molecule has 0 saturated carbocycles. The van der Waals surface area contributed by atoms with Crippen molar-refractivity contribution in [1.29, 1.82) is 0 Å². The average Bonchev–Trinajstić information content (AvgIpc) is 3.41. The van der Waals surface area contributed by atoms with Gasteiger partial charge in [-0.1, -0.05) is 304 Å². The third-order valence-corrected chi connectivity index (χ3v) is 15.6. The van der Waals surface area contributed by atoms with E-state index in [1.165, 1.54) is 180 Å². The molecule has 0 aliphatic rings. The van der Waals surface area contributed by atoms with Gasteiger partial charge in [-0.15, -0.1) is 0 Å². The monoisotopic (exact) mass is 1110 g/mol. The van der Waals surface area contributed by atoms with E-state index in [2.05, 4.69) is 92.1 Å². The molecule has 0 heterocycles. The molecule has 0 fully saturated rings. The Bertz CT molecular complexity index is 1550. The average molecular weight is 1110 g/mol. The van der Waals surface area contributed by atoms with Gasteiger partial charge in [-0.2, -0.15) is 0 Å². The van der Waals surface area contributed by atoms with Crippen molar-refractivity contribution in [3.05, 3.63) is 85.1 Å². The van der Waals surface area contributed by atoms with Crippen molar-refractivity contribution in [3.63, 3.8) is 0 Å². The van der Waals surface area contributed by atoms with E-state index in [1.54, 1.807) is 6.08 Å². The number of unbranched alkanes of at least 4 members (excludes halogenated alkanes) is 35. The van der Waals surface area contributed by atoms with E-state index in [0.717, 1.165) is 96.3 Å². The summed E-state index contributed by atoms with van der Waals surface area (Å²) in [6.45, 7) is 4.55. The number of allylic oxidation sites excluding steroid dienone is 13. The molecule has 0 aliphatic heterocycles. The van der Waals surface area contributed by atoms with Crippen LogP contribution in [0.2, 0.25) is 0 Å². The molecule has 9 heteroatoms. The minimum Gasteiger partial charge on any atom is -0.756 e. The van der Waals surface area contributed by atoms with E-state index < -0.39 is 26.6 Å². The lowest BCUT2D eigenvalue weighted by Crippen LogP contribution is -2.45. The second kappa shape index (κ2) is 59.3. The highest BCUT2D eigenvalue weighted by molar-refractivity contribution is 7.45. The Labute approximate surface area is 484 Å². The molecule has 0 saturated heterocycles. The fourth-order valence-electron chi connectivity index (χ4n) is 9.51. The van der Waals surface area contributed by atoms with Gasteiger partial charge in [0.1, 0.15) is 13.2 Å². The maximum Gasteiger partial charge on any atom is 0.268 e. The van der Waals surface area contributed by atoms with Crippen LogP contribution in [0.1, 0.15) is 296 Å². The summed E-state index contributed by atoms with van der Waals surface area (Å²) < 4.78 is 23.4. The molecule has 3 unspecified atom stereocenters. The second-order valence-electron chi connectivity index (χ2n) is 23.4. The van der Waals surface area contributed by atoms with Gasteiger partial charge in [-0.3, -0.25) is 9.36 Å². The van der Waals surface area contributed by atoms with Crippen molar-refractivity contribution in [3.8, 4) is 0 Å². The minimum atomic E-state index is -4.61. The number of aliphatic hydroxyl groups excluding tert-OH is 1.